The zero-order valence-electron chi connectivity index (χ0n) is 12.1. The van der Waals surface area contributed by atoms with Gasteiger partial charge in [0.25, 0.3) is 0 Å². The molecule has 1 aliphatic carbocycles. The highest BCUT2D eigenvalue weighted by Crippen LogP contribution is 2.30. The molecule has 1 aliphatic rings. The van der Waals surface area contributed by atoms with Gasteiger partial charge in [-0.15, -0.1) is 0 Å². The summed E-state index contributed by atoms with van der Waals surface area (Å²) in [7, 11) is 1.13. The third kappa shape index (κ3) is 3.67. The van der Waals surface area contributed by atoms with E-state index in [9.17, 15) is 13.6 Å². The molecule has 1 N–H and O–H groups in total. The van der Waals surface area contributed by atoms with Gasteiger partial charge in [0, 0.05) is 11.3 Å². The summed E-state index contributed by atoms with van der Waals surface area (Å²) in [6, 6.07) is 2.79. The molecule has 0 aliphatic heterocycles. The van der Waals surface area contributed by atoms with E-state index in [1.807, 2.05) is 11.8 Å². The lowest BCUT2D eigenvalue weighted by Crippen LogP contribution is -2.27. The number of halogens is 2. The molecule has 0 amide bonds. The van der Waals surface area contributed by atoms with Crippen LogP contribution in [0.4, 0.5) is 14.5 Å². The Morgan fingerprint density at radius 1 is 1.24 bits per heavy atom. The first-order valence-corrected chi connectivity index (χ1v) is 8.21. The summed E-state index contributed by atoms with van der Waals surface area (Å²) in [4.78, 5) is 11.3. The number of carbonyl (C=O) groups is 1. The van der Waals surface area contributed by atoms with Gasteiger partial charge in [0.1, 0.15) is 0 Å². The number of thioether (sulfide) groups is 1. The van der Waals surface area contributed by atoms with Crippen molar-refractivity contribution in [2.24, 2.45) is 0 Å². The van der Waals surface area contributed by atoms with Crippen molar-refractivity contribution in [2.75, 3.05) is 18.7 Å². The number of anilines is 1. The fourth-order valence-corrected chi connectivity index (χ4v) is 3.33. The molecule has 6 heteroatoms. The summed E-state index contributed by atoms with van der Waals surface area (Å²) in [5.41, 5.74) is -0.278. The monoisotopic (exact) mass is 315 g/mol. The zero-order chi connectivity index (χ0) is 15.4. The first kappa shape index (κ1) is 16.1. The van der Waals surface area contributed by atoms with Crippen molar-refractivity contribution in [3.05, 3.63) is 29.3 Å². The summed E-state index contributed by atoms with van der Waals surface area (Å²) < 4.78 is 32.3. The summed E-state index contributed by atoms with van der Waals surface area (Å²) in [6.07, 6.45) is 6.11. The highest BCUT2D eigenvalue weighted by molar-refractivity contribution is 7.99. The predicted octanol–water partition coefficient (Wildman–Crippen LogP) is 3.84. The fraction of sp³-hybridized carbons (Fsp3) is 0.533. The van der Waals surface area contributed by atoms with E-state index in [-0.39, 0.29) is 17.3 Å². The first-order valence-electron chi connectivity index (χ1n) is 6.92. The lowest BCUT2D eigenvalue weighted by atomic mass is 9.94. The quantitative estimate of drug-likeness (QED) is 0.857. The second-order valence-corrected chi connectivity index (χ2v) is 6.27. The molecule has 0 bridgehead atoms. The highest BCUT2D eigenvalue weighted by atomic mass is 32.2. The van der Waals surface area contributed by atoms with Crippen molar-refractivity contribution in [3.63, 3.8) is 0 Å². The number of rotatable bonds is 4. The molecule has 0 saturated heterocycles. The van der Waals surface area contributed by atoms with E-state index < -0.39 is 17.6 Å². The Morgan fingerprint density at radius 3 is 2.48 bits per heavy atom. The average molecular weight is 315 g/mol. The molecule has 0 aromatic heterocycles. The van der Waals surface area contributed by atoms with Crippen LogP contribution in [0.15, 0.2) is 12.1 Å². The second kappa shape index (κ2) is 7.11. The van der Waals surface area contributed by atoms with Crippen LogP contribution in [0.1, 0.15) is 36.0 Å². The number of benzene rings is 1. The van der Waals surface area contributed by atoms with Crippen LogP contribution in [0.25, 0.3) is 0 Å². The predicted molar refractivity (Wildman–Crippen MR) is 80.9 cm³/mol. The normalized spacial score (nSPS) is 21.9. The molecule has 1 saturated carbocycles. The van der Waals surface area contributed by atoms with Gasteiger partial charge >= 0.3 is 5.97 Å². The molecule has 0 heterocycles. The van der Waals surface area contributed by atoms with E-state index in [1.165, 1.54) is 12.1 Å². The molecule has 21 heavy (non-hydrogen) atoms. The van der Waals surface area contributed by atoms with Crippen molar-refractivity contribution in [1.29, 1.82) is 0 Å². The van der Waals surface area contributed by atoms with Crippen LogP contribution in [0, 0.1) is 11.6 Å². The Kier molecular flexibility index (Phi) is 5.45. The Bertz CT molecular complexity index is 517. The number of esters is 1. The minimum Gasteiger partial charge on any atom is -0.465 e. The molecule has 0 atom stereocenters. The third-order valence-corrected chi connectivity index (χ3v) is 4.99. The number of carbonyl (C=O) groups excluding carboxylic acids is 1. The van der Waals surface area contributed by atoms with E-state index in [1.54, 1.807) is 0 Å². The van der Waals surface area contributed by atoms with E-state index in [2.05, 4.69) is 16.3 Å². The summed E-state index contributed by atoms with van der Waals surface area (Å²) in [5.74, 6) is -3.06. The number of ether oxygens (including phenoxy) is 1. The van der Waals surface area contributed by atoms with Gasteiger partial charge in [0.15, 0.2) is 11.6 Å². The Morgan fingerprint density at radius 2 is 1.90 bits per heavy atom. The molecule has 2 rings (SSSR count). The summed E-state index contributed by atoms with van der Waals surface area (Å²) in [5, 5.41) is 3.70. The Balaban J connectivity index is 2.08. The van der Waals surface area contributed by atoms with Crippen molar-refractivity contribution in [1.82, 2.24) is 0 Å². The Hall–Kier alpha value is -1.30. The lowest BCUT2D eigenvalue weighted by Gasteiger charge is -2.29. The minimum atomic E-state index is -1.16. The number of hydrogen-bond acceptors (Lipinski definition) is 4. The van der Waals surface area contributed by atoms with E-state index >= 15 is 0 Å². The maximum absolute atomic E-state index is 14.0. The highest BCUT2D eigenvalue weighted by Gasteiger charge is 2.23. The molecule has 1 aromatic rings. The average Bonchev–Trinajstić information content (AvgIpc) is 2.52. The maximum atomic E-state index is 14.0. The largest absolute Gasteiger partial charge is 0.465 e. The molecular weight excluding hydrogens is 296 g/mol. The molecule has 0 radical (unpaired) electrons. The van der Waals surface area contributed by atoms with Crippen molar-refractivity contribution in [2.45, 2.75) is 37.0 Å². The van der Waals surface area contributed by atoms with Crippen LogP contribution in [-0.2, 0) is 4.74 Å². The van der Waals surface area contributed by atoms with Crippen LogP contribution in [0.2, 0.25) is 0 Å². The van der Waals surface area contributed by atoms with E-state index in [4.69, 9.17) is 0 Å². The number of methoxy groups -OCH3 is 1. The third-order valence-electron chi connectivity index (χ3n) is 3.85. The molecule has 0 unspecified atom stereocenters. The molecule has 1 aromatic carbocycles. The van der Waals surface area contributed by atoms with E-state index in [0.717, 1.165) is 32.8 Å². The van der Waals surface area contributed by atoms with E-state index in [0.29, 0.717) is 5.25 Å². The van der Waals surface area contributed by atoms with Crippen molar-refractivity contribution >= 4 is 23.4 Å². The van der Waals surface area contributed by atoms with Crippen LogP contribution < -0.4 is 5.32 Å². The van der Waals surface area contributed by atoms with Gasteiger partial charge in [-0.05, 0) is 44.1 Å². The molecular formula is C15H19F2NO2S. The summed E-state index contributed by atoms with van der Waals surface area (Å²) in [6.45, 7) is 0. The lowest BCUT2D eigenvalue weighted by molar-refractivity contribution is 0.0594. The standard InChI is InChI=1S/C15H19F2NO2S/c1-20-15(19)11-7-8-12(14(17)13(11)16)18-9-3-5-10(21-2)6-4-9/h7-10,18H,3-6H2,1-2H3. The molecule has 1 fully saturated rings. The van der Waals surface area contributed by atoms with Crippen molar-refractivity contribution < 1.29 is 18.3 Å². The summed E-state index contributed by atoms with van der Waals surface area (Å²) >= 11 is 1.85. The van der Waals surface area contributed by atoms with Crippen LogP contribution >= 0.6 is 11.8 Å². The molecule has 116 valence electrons. The SMILES string of the molecule is COC(=O)c1ccc(NC2CCC(SC)CC2)c(F)c1F. The Labute approximate surface area is 127 Å². The van der Waals surface area contributed by atoms with Gasteiger partial charge in [-0.2, -0.15) is 11.8 Å². The number of hydrogen-bond donors (Lipinski definition) is 1. The van der Waals surface area contributed by atoms with Gasteiger partial charge < -0.3 is 10.1 Å². The molecule has 0 spiro atoms. The number of nitrogens with one attached hydrogen (secondary N) is 1. The smallest absolute Gasteiger partial charge is 0.340 e. The van der Waals surface area contributed by atoms with Crippen molar-refractivity contribution in [3.8, 4) is 0 Å². The van der Waals surface area contributed by atoms with Crippen LogP contribution in [-0.4, -0.2) is 30.6 Å². The minimum absolute atomic E-state index is 0.104. The first-order chi connectivity index (χ1) is 10.1. The maximum Gasteiger partial charge on any atom is 0.340 e. The van der Waals surface area contributed by atoms with Crippen LogP contribution in [0.3, 0.4) is 0 Å². The zero-order valence-corrected chi connectivity index (χ0v) is 12.9. The van der Waals surface area contributed by atoms with Gasteiger partial charge in [0.2, 0.25) is 0 Å². The second-order valence-electron chi connectivity index (χ2n) is 5.13. The van der Waals surface area contributed by atoms with Gasteiger partial charge in [0.05, 0.1) is 18.4 Å². The van der Waals surface area contributed by atoms with Gasteiger partial charge in [-0.25, -0.2) is 13.6 Å². The van der Waals surface area contributed by atoms with Gasteiger partial charge in [-0.3, -0.25) is 0 Å². The van der Waals surface area contributed by atoms with Gasteiger partial charge in [-0.1, -0.05) is 0 Å². The molecule has 3 nitrogen and oxygen atoms in total. The fourth-order valence-electron chi connectivity index (χ4n) is 2.59. The van der Waals surface area contributed by atoms with Crippen LogP contribution in [0.5, 0.6) is 0 Å². The topological polar surface area (TPSA) is 38.3 Å².